The van der Waals surface area contributed by atoms with E-state index >= 15 is 0 Å². The van der Waals surface area contributed by atoms with Crippen molar-refractivity contribution in [2.45, 2.75) is 44.4 Å². The van der Waals surface area contributed by atoms with Crippen molar-refractivity contribution in [2.24, 2.45) is 11.3 Å². The van der Waals surface area contributed by atoms with Crippen LogP contribution < -0.4 is 5.32 Å². The number of pyridine rings is 1. The molecule has 1 heterocycles. The molecule has 2 fully saturated rings. The van der Waals surface area contributed by atoms with Gasteiger partial charge in [0.25, 0.3) is 0 Å². The Kier molecular flexibility index (Phi) is 5.10. The van der Waals surface area contributed by atoms with Crippen LogP contribution in [0.4, 0.5) is 10.1 Å². The number of halogens is 2. The van der Waals surface area contributed by atoms with E-state index in [1.54, 1.807) is 6.07 Å². The quantitative estimate of drug-likeness (QED) is 0.429. The van der Waals surface area contributed by atoms with Crippen LogP contribution in [0.25, 0.3) is 10.9 Å². The topological polar surface area (TPSA) is 42.0 Å². The molecule has 2 aliphatic rings. The van der Waals surface area contributed by atoms with Gasteiger partial charge in [0, 0.05) is 21.5 Å². The Morgan fingerprint density at radius 3 is 2.50 bits per heavy atom. The van der Waals surface area contributed by atoms with Crippen LogP contribution in [0, 0.1) is 17.3 Å². The summed E-state index contributed by atoms with van der Waals surface area (Å²) in [5, 5.41) is 4.12. The number of aromatic nitrogens is 1. The molecule has 0 atom stereocenters. The molecular weight excluding hydrogens is 443 g/mol. The predicted molar refractivity (Wildman–Crippen MR) is 121 cm³/mol. The summed E-state index contributed by atoms with van der Waals surface area (Å²) in [6.45, 7) is 0. The lowest BCUT2D eigenvalue weighted by molar-refractivity contribution is -0.128. The summed E-state index contributed by atoms with van der Waals surface area (Å²) in [6.07, 6.45) is 6.25. The van der Waals surface area contributed by atoms with E-state index in [1.165, 1.54) is 0 Å². The standard InChI is InChI=1S/C25H24BrFN2O/c26-18-5-7-19(8-6-18)28-24(30)17-14-25(15-17)11-9-16(10-12-25)21-13-23(27)29-22-4-2-1-3-20(21)22/h1-8,13,16-17H,9-12,14-15H2,(H,28,30). The van der Waals surface area contributed by atoms with Gasteiger partial charge < -0.3 is 5.32 Å². The van der Waals surface area contributed by atoms with Crippen LogP contribution in [0.2, 0.25) is 0 Å². The number of carbonyl (C=O) groups excluding carboxylic acids is 1. The van der Waals surface area contributed by atoms with Crippen molar-refractivity contribution in [3.05, 3.63) is 70.6 Å². The molecule has 2 aliphatic carbocycles. The second-order valence-electron chi connectivity index (χ2n) is 8.93. The van der Waals surface area contributed by atoms with Gasteiger partial charge in [-0.2, -0.15) is 4.39 Å². The highest BCUT2D eigenvalue weighted by Crippen LogP contribution is 2.57. The van der Waals surface area contributed by atoms with Gasteiger partial charge in [0.1, 0.15) is 0 Å². The zero-order valence-electron chi connectivity index (χ0n) is 16.7. The first kappa shape index (κ1) is 19.7. The molecule has 5 heteroatoms. The molecular formula is C25H24BrFN2O. The number of hydrogen-bond donors (Lipinski definition) is 1. The lowest BCUT2D eigenvalue weighted by Crippen LogP contribution is -2.45. The van der Waals surface area contributed by atoms with Crippen LogP contribution in [-0.2, 0) is 4.79 Å². The summed E-state index contributed by atoms with van der Waals surface area (Å²) >= 11 is 3.42. The minimum absolute atomic E-state index is 0.101. The molecule has 0 aliphatic heterocycles. The van der Waals surface area contributed by atoms with Crippen molar-refractivity contribution in [2.75, 3.05) is 5.32 Å². The maximum Gasteiger partial charge on any atom is 0.227 e. The third-order valence-corrected chi connectivity index (χ3v) is 7.57. The van der Waals surface area contributed by atoms with E-state index in [-0.39, 0.29) is 11.8 Å². The normalized spacial score (nSPS) is 25.8. The first-order valence-corrected chi connectivity index (χ1v) is 11.4. The Balaban J connectivity index is 1.21. The number of carbonyl (C=O) groups is 1. The van der Waals surface area contributed by atoms with Gasteiger partial charge >= 0.3 is 0 Å². The fourth-order valence-corrected chi connectivity index (χ4v) is 5.67. The molecule has 30 heavy (non-hydrogen) atoms. The minimum Gasteiger partial charge on any atom is -0.326 e. The fraction of sp³-hybridized carbons (Fsp3) is 0.360. The number of fused-ring (bicyclic) bond motifs is 1. The number of benzene rings is 2. The van der Waals surface area contributed by atoms with Gasteiger partial charge in [-0.1, -0.05) is 34.1 Å². The number of anilines is 1. The lowest BCUT2D eigenvalue weighted by atomic mass is 9.54. The Morgan fingerprint density at radius 2 is 1.77 bits per heavy atom. The van der Waals surface area contributed by atoms with Gasteiger partial charge in [0.05, 0.1) is 5.52 Å². The SMILES string of the molecule is O=C(Nc1ccc(Br)cc1)C1CC2(CCC(c3cc(F)nc4ccccc34)CC2)C1. The van der Waals surface area contributed by atoms with Crippen molar-refractivity contribution in [3.8, 4) is 0 Å². The first-order chi connectivity index (χ1) is 14.5. The highest BCUT2D eigenvalue weighted by molar-refractivity contribution is 9.10. The first-order valence-electron chi connectivity index (χ1n) is 10.6. The van der Waals surface area contributed by atoms with Crippen LogP contribution in [0.15, 0.2) is 59.1 Å². The molecule has 0 bridgehead atoms. The monoisotopic (exact) mass is 466 g/mol. The van der Waals surface area contributed by atoms with E-state index in [4.69, 9.17) is 0 Å². The van der Waals surface area contributed by atoms with Crippen molar-refractivity contribution < 1.29 is 9.18 Å². The van der Waals surface area contributed by atoms with E-state index in [9.17, 15) is 9.18 Å². The maximum absolute atomic E-state index is 14.1. The predicted octanol–water partition coefficient (Wildman–Crippen LogP) is 6.83. The molecule has 154 valence electrons. The average Bonchev–Trinajstić information content (AvgIpc) is 2.73. The van der Waals surface area contributed by atoms with E-state index < -0.39 is 5.95 Å². The van der Waals surface area contributed by atoms with Gasteiger partial charge in [0.15, 0.2) is 0 Å². The molecule has 1 aromatic heterocycles. The molecule has 5 rings (SSSR count). The maximum atomic E-state index is 14.1. The summed E-state index contributed by atoms with van der Waals surface area (Å²) < 4.78 is 15.1. The van der Waals surface area contributed by atoms with E-state index in [0.29, 0.717) is 11.3 Å². The molecule has 0 saturated heterocycles. The highest BCUT2D eigenvalue weighted by atomic mass is 79.9. The van der Waals surface area contributed by atoms with E-state index in [0.717, 1.165) is 65.2 Å². The number of amides is 1. The molecule has 0 unspecified atom stereocenters. The van der Waals surface area contributed by atoms with Gasteiger partial charge in [0.2, 0.25) is 11.9 Å². The number of hydrogen-bond acceptors (Lipinski definition) is 2. The molecule has 2 saturated carbocycles. The smallest absolute Gasteiger partial charge is 0.227 e. The summed E-state index contributed by atoms with van der Waals surface area (Å²) in [7, 11) is 0. The zero-order valence-corrected chi connectivity index (χ0v) is 18.3. The molecule has 1 N–H and O–H groups in total. The molecule has 0 radical (unpaired) electrons. The minimum atomic E-state index is -0.391. The average molecular weight is 467 g/mol. The number of rotatable bonds is 3. The van der Waals surface area contributed by atoms with E-state index in [2.05, 4.69) is 26.2 Å². The van der Waals surface area contributed by atoms with Crippen LogP contribution in [0.3, 0.4) is 0 Å². The highest BCUT2D eigenvalue weighted by Gasteiger charge is 2.48. The number of nitrogens with zero attached hydrogens (tertiary/aromatic N) is 1. The lowest BCUT2D eigenvalue weighted by Gasteiger charge is -2.51. The third kappa shape index (κ3) is 3.76. The summed E-state index contributed by atoms with van der Waals surface area (Å²) in [6, 6.07) is 17.2. The molecule has 1 spiro atoms. The Hall–Kier alpha value is -2.27. The number of nitrogens with one attached hydrogen (secondary N) is 1. The van der Waals surface area contributed by atoms with E-state index in [1.807, 2.05) is 48.5 Å². The largest absolute Gasteiger partial charge is 0.326 e. The third-order valence-electron chi connectivity index (χ3n) is 7.04. The van der Waals surface area contributed by atoms with Gasteiger partial charge in [-0.25, -0.2) is 4.98 Å². The molecule has 1 amide bonds. The summed E-state index contributed by atoms with van der Waals surface area (Å²) in [4.78, 5) is 16.6. The van der Waals surface area contributed by atoms with Gasteiger partial charge in [-0.3, -0.25) is 4.79 Å². The summed E-state index contributed by atoms with van der Waals surface area (Å²) in [5.74, 6) is 0.211. The van der Waals surface area contributed by atoms with Crippen molar-refractivity contribution in [1.29, 1.82) is 0 Å². The van der Waals surface area contributed by atoms with Crippen LogP contribution in [-0.4, -0.2) is 10.9 Å². The van der Waals surface area contributed by atoms with Gasteiger partial charge in [-0.05, 0) is 91.8 Å². The number of para-hydroxylation sites is 1. The summed E-state index contributed by atoms with van der Waals surface area (Å²) in [5.41, 5.74) is 2.97. The van der Waals surface area contributed by atoms with Crippen molar-refractivity contribution in [3.63, 3.8) is 0 Å². The second-order valence-corrected chi connectivity index (χ2v) is 9.84. The molecule has 3 aromatic rings. The van der Waals surface area contributed by atoms with Crippen molar-refractivity contribution in [1.82, 2.24) is 4.98 Å². The van der Waals surface area contributed by atoms with Crippen LogP contribution in [0.5, 0.6) is 0 Å². The second kappa shape index (κ2) is 7.77. The van der Waals surface area contributed by atoms with Crippen LogP contribution in [0.1, 0.15) is 50.0 Å². The van der Waals surface area contributed by atoms with Gasteiger partial charge in [-0.15, -0.1) is 0 Å². The van der Waals surface area contributed by atoms with Crippen LogP contribution >= 0.6 is 15.9 Å². The Bertz CT molecular complexity index is 1080. The molecule has 3 nitrogen and oxygen atoms in total. The Morgan fingerprint density at radius 1 is 1.07 bits per heavy atom. The molecule has 2 aromatic carbocycles. The zero-order chi connectivity index (χ0) is 20.7. The fourth-order valence-electron chi connectivity index (χ4n) is 5.40. The van der Waals surface area contributed by atoms with Crippen molar-refractivity contribution >= 4 is 38.4 Å². The Labute approximate surface area is 184 Å².